The van der Waals surface area contributed by atoms with E-state index < -0.39 is 6.10 Å². The minimum atomic E-state index is -0.645. The van der Waals surface area contributed by atoms with Gasteiger partial charge in [0.25, 0.3) is 0 Å². The molecule has 0 saturated carbocycles. The van der Waals surface area contributed by atoms with Crippen LogP contribution in [0, 0.1) is 0 Å². The molecule has 1 aliphatic rings. The molecule has 100 valence electrons. The summed E-state index contributed by atoms with van der Waals surface area (Å²) < 4.78 is 4.79. The van der Waals surface area contributed by atoms with Crippen molar-refractivity contribution in [2.24, 2.45) is 0 Å². The number of likely N-dealkylation sites (tertiary alicyclic amines) is 1. The van der Waals surface area contributed by atoms with E-state index in [1.165, 1.54) is 0 Å². The van der Waals surface area contributed by atoms with E-state index in [0.717, 1.165) is 25.9 Å². The van der Waals surface area contributed by atoms with Gasteiger partial charge in [0.15, 0.2) is 0 Å². The maximum atomic E-state index is 11.1. The standard InChI is InChI=1S/C12H24N2O3/c1-3-17-12(16)8-11(15)9-13-10-4-6-14(2)7-5-10/h10-11,13,15H,3-9H2,1-2H3. The quantitative estimate of drug-likeness (QED) is 0.643. The summed E-state index contributed by atoms with van der Waals surface area (Å²) in [5.74, 6) is -0.329. The van der Waals surface area contributed by atoms with Gasteiger partial charge in [0, 0.05) is 12.6 Å². The summed E-state index contributed by atoms with van der Waals surface area (Å²) in [5.41, 5.74) is 0. The van der Waals surface area contributed by atoms with Crippen LogP contribution in [-0.4, -0.2) is 61.4 Å². The van der Waals surface area contributed by atoms with Crippen molar-refractivity contribution in [2.45, 2.75) is 38.3 Å². The fourth-order valence-corrected chi connectivity index (χ4v) is 2.00. The van der Waals surface area contributed by atoms with Crippen molar-refractivity contribution in [3.63, 3.8) is 0 Å². The van der Waals surface area contributed by atoms with Crippen molar-refractivity contribution in [2.75, 3.05) is 33.3 Å². The molecule has 2 N–H and O–H groups in total. The number of hydrogen-bond donors (Lipinski definition) is 2. The number of nitrogens with zero attached hydrogens (tertiary/aromatic N) is 1. The van der Waals surface area contributed by atoms with E-state index in [4.69, 9.17) is 4.74 Å². The van der Waals surface area contributed by atoms with Crippen LogP contribution in [0.3, 0.4) is 0 Å². The van der Waals surface area contributed by atoms with E-state index in [-0.39, 0.29) is 12.4 Å². The molecule has 17 heavy (non-hydrogen) atoms. The summed E-state index contributed by atoms with van der Waals surface area (Å²) in [6.45, 7) is 4.78. The first-order chi connectivity index (χ1) is 8.11. The van der Waals surface area contributed by atoms with Crippen LogP contribution in [0.1, 0.15) is 26.2 Å². The third-order valence-electron chi connectivity index (χ3n) is 3.07. The number of carbonyl (C=O) groups is 1. The lowest BCUT2D eigenvalue weighted by Crippen LogP contribution is -2.43. The Kier molecular flexibility index (Phi) is 6.47. The summed E-state index contributed by atoms with van der Waals surface area (Å²) in [5, 5.41) is 13.0. The molecule has 1 unspecified atom stereocenters. The number of aliphatic hydroxyl groups excluding tert-OH is 1. The molecule has 1 rings (SSSR count). The van der Waals surface area contributed by atoms with Gasteiger partial charge in [-0.1, -0.05) is 0 Å². The molecule has 0 amide bonds. The molecular weight excluding hydrogens is 220 g/mol. The van der Waals surface area contributed by atoms with E-state index in [9.17, 15) is 9.90 Å². The Balaban J connectivity index is 2.11. The lowest BCUT2D eigenvalue weighted by molar-refractivity contribution is -0.145. The number of esters is 1. The Hall–Kier alpha value is -0.650. The highest BCUT2D eigenvalue weighted by molar-refractivity contribution is 5.69. The van der Waals surface area contributed by atoms with Crippen LogP contribution < -0.4 is 5.32 Å². The van der Waals surface area contributed by atoms with Gasteiger partial charge in [-0.05, 0) is 39.9 Å². The van der Waals surface area contributed by atoms with E-state index >= 15 is 0 Å². The molecule has 0 radical (unpaired) electrons. The van der Waals surface area contributed by atoms with Crippen LogP contribution in [0.25, 0.3) is 0 Å². The molecule has 1 fully saturated rings. The van der Waals surface area contributed by atoms with Crippen LogP contribution >= 0.6 is 0 Å². The first kappa shape index (κ1) is 14.4. The molecule has 5 heteroatoms. The summed E-state index contributed by atoms with van der Waals surface area (Å²) in [4.78, 5) is 13.4. The minimum Gasteiger partial charge on any atom is -0.466 e. The lowest BCUT2D eigenvalue weighted by atomic mass is 10.1. The second-order valence-corrected chi connectivity index (χ2v) is 4.65. The van der Waals surface area contributed by atoms with Crippen LogP contribution in [0.2, 0.25) is 0 Å². The summed E-state index contributed by atoms with van der Waals surface area (Å²) in [6, 6.07) is 0.461. The Morgan fingerprint density at radius 3 is 2.76 bits per heavy atom. The monoisotopic (exact) mass is 244 g/mol. The average molecular weight is 244 g/mol. The predicted octanol–water partition coefficient (Wildman–Crippen LogP) is -0.0157. The zero-order chi connectivity index (χ0) is 12.7. The zero-order valence-corrected chi connectivity index (χ0v) is 10.8. The molecule has 1 atom stereocenters. The number of aliphatic hydroxyl groups is 1. The molecule has 0 aliphatic carbocycles. The van der Waals surface area contributed by atoms with Gasteiger partial charge in [-0.15, -0.1) is 0 Å². The Labute approximate surface area is 103 Å². The first-order valence-electron chi connectivity index (χ1n) is 6.37. The van der Waals surface area contributed by atoms with Crippen molar-refractivity contribution in [1.82, 2.24) is 10.2 Å². The van der Waals surface area contributed by atoms with Crippen molar-refractivity contribution in [1.29, 1.82) is 0 Å². The molecule has 5 nitrogen and oxygen atoms in total. The highest BCUT2D eigenvalue weighted by Crippen LogP contribution is 2.08. The SMILES string of the molecule is CCOC(=O)CC(O)CNC1CCN(C)CC1. The molecule has 0 aromatic carbocycles. The number of nitrogens with one attached hydrogen (secondary N) is 1. The number of ether oxygens (including phenoxy) is 1. The van der Waals surface area contributed by atoms with Crippen molar-refractivity contribution in [3.8, 4) is 0 Å². The molecule has 1 aliphatic heterocycles. The maximum absolute atomic E-state index is 11.1. The van der Waals surface area contributed by atoms with Gasteiger partial charge in [-0.25, -0.2) is 0 Å². The minimum absolute atomic E-state index is 0.0768. The van der Waals surface area contributed by atoms with Crippen molar-refractivity contribution in [3.05, 3.63) is 0 Å². The van der Waals surface area contributed by atoms with Crippen LogP contribution in [0.5, 0.6) is 0 Å². The third kappa shape index (κ3) is 6.00. The highest BCUT2D eigenvalue weighted by Gasteiger charge is 2.18. The summed E-state index contributed by atoms with van der Waals surface area (Å²) in [7, 11) is 2.12. The van der Waals surface area contributed by atoms with E-state index in [1.807, 2.05) is 0 Å². The fraction of sp³-hybridized carbons (Fsp3) is 0.917. The third-order valence-corrected chi connectivity index (χ3v) is 3.07. The molecule has 1 heterocycles. The normalized spacial score (nSPS) is 20.2. The van der Waals surface area contributed by atoms with Crippen molar-refractivity contribution >= 4 is 5.97 Å². The Morgan fingerprint density at radius 1 is 1.53 bits per heavy atom. The van der Waals surface area contributed by atoms with Gasteiger partial charge in [-0.2, -0.15) is 0 Å². The molecule has 1 saturated heterocycles. The summed E-state index contributed by atoms with van der Waals surface area (Å²) >= 11 is 0. The van der Waals surface area contributed by atoms with Crippen LogP contribution in [-0.2, 0) is 9.53 Å². The number of rotatable bonds is 6. The van der Waals surface area contributed by atoms with Crippen LogP contribution in [0.15, 0.2) is 0 Å². The molecule has 0 bridgehead atoms. The zero-order valence-electron chi connectivity index (χ0n) is 10.8. The van der Waals surface area contributed by atoms with Gasteiger partial charge in [0.2, 0.25) is 0 Å². The molecular formula is C12H24N2O3. The van der Waals surface area contributed by atoms with Gasteiger partial charge in [0.05, 0.1) is 19.1 Å². The topological polar surface area (TPSA) is 61.8 Å². The Bertz CT molecular complexity index is 228. The lowest BCUT2D eigenvalue weighted by Gasteiger charge is -2.30. The van der Waals surface area contributed by atoms with E-state index in [1.54, 1.807) is 6.92 Å². The van der Waals surface area contributed by atoms with Gasteiger partial charge >= 0.3 is 5.97 Å². The fourth-order valence-electron chi connectivity index (χ4n) is 2.00. The maximum Gasteiger partial charge on any atom is 0.308 e. The van der Waals surface area contributed by atoms with Gasteiger partial charge in [0.1, 0.15) is 0 Å². The van der Waals surface area contributed by atoms with Gasteiger partial charge < -0.3 is 20.1 Å². The smallest absolute Gasteiger partial charge is 0.308 e. The van der Waals surface area contributed by atoms with E-state index in [2.05, 4.69) is 17.3 Å². The van der Waals surface area contributed by atoms with Crippen molar-refractivity contribution < 1.29 is 14.6 Å². The summed E-state index contributed by atoms with van der Waals surface area (Å²) in [6.07, 6.45) is 1.63. The second kappa shape index (κ2) is 7.63. The number of hydrogen-bond acceptors (Lipinski definition) is 5. The second-order valence-electron chi connectivity index (χ2n) is 4.65. The molecule has 0 spiro atoms. The predicted molar refractivity (Wildman–Crippen MR) is 65.8 cm³/mol. The first-order valence-corrected chi connectivity index (χ1v) is 6.37. The van der Waals surface area contributed by atoms with Gasteiger partial charge in [-0.3, -0.25) is 4.79 Å². The van der Waals surface area contributed by atoms with Crippen LogP contribution in [0.4, 0.5) is 0 Å². The largest absolute Gasteiger partial charge is 0.466 e. The average Bonchev–Trinajstić information content (AvgIpc) is 2.28. The van der Waals surface area contributed by atoms with E-state index in [0.29, 0.717) is 19.2 Å². The number of piperidine rings is 1. The molecule has 0 aromatic rings. The highest BCUT2D eigenvalue weighted by atomic mass is 16.5. The molecule has 0 aromatic heterocycles. The number of carbonyl (C=O) groups excluding carboxylic acids is 1. The Morgan fingerprint density at radius 2 is 2.18 bits per heavy atom.